The van der Waals surface area contributed by atoms with Crippen LogP contribution in [0.5, 0.6) is 5.88 Å². The number of anilines is 1. The number of hydrogen-bond acceptors (Lipinski definition) is 5. The van der Waals surface area contributed by atoms with E-state index in [0.717, 1.165) is 12.3 Å². The van der Waals surface area contributed by atoms with E-state index < -0.39 is 30.4 Å². The molecule has 2 heterocycles. The van der Waals surface area contributed by atoms with E-state index in [1.807, 2.05) is 6.92 Å². The highest BCUT2D eigenvalue weighted by molar-refractivity contribution is 5.96. The molecule has 0 fully saturated rings. The Labute approximate surface area is 163 Å². The van der Waals surface area contributed by atoms with Crippen molar-refractivity contribution in [2.45, 2.75) is 32.5 Å². The van der Waals surface area contributed by atoms with E-state index in [2.05, 4.69) is 25.3 Å². The number of nitrogens with zero attached hydrogens (tertiary/aromatic N) is 2. The van der Waals surface area contributed by atoms with Crippen molar-refractivity contribution in [1.29, 1.82) is 0 Å². The SMILES string of the molecule is CCCC(=O)Nc1cc(C(=O)NCc2cnc(OCC(F)(F)F)c(F)c2)ccn1. The first-order valence-electron chi connectivity index (χ1n) is 8.56. The Morgan fingerprint density at radius 3 is 2.62 bits per heavy atom. The second kappa shape index (κ2) is 9.80. The van der Waals surface area contributed by atoms with Crippen molar-refractivity contribution in [3.63, 3.8) is 0 Å². The van der Waals surface area contributed by atoms with Gasteiger partial charge in [-0.15, -0.1) is 0 Å². The molecule has 0 aromatic carbocycles. The Balaban J connectivity index is 1.95. The highest BCUT2D eigenvalue weighted by Crippen LogP contribution is 2.20. The molecule has 0 spiro atoms. The third-order valence-corrected chi connectivity index (χ3v) is 3.46. The van der Waals surface area contributed by atoms with Gasteiger partial charge < -0.3 is 15.4 Å². The number of hydrogen-bond donors (Lipinski definition) is 2. The van der Waals surface area contributed by atoms with Gasteiger partial charge in [0.2, 0.25) is 5.91 Å². The van der Waals surface area contributed by atoms with Crippen LogP contribution in [0, 0.1) is 5.82 Å². The number of rotatable bonds is 8. The first-order valence-corrected chi connectivity index (χ1v) is 8.56. The molecule has 2 rings (SSSR count). The average molecular weight is 414 g/mol. The van der Waals surface area contributed by atoms with Crippen LogP contribution < -0.4 is 15.4 Å². The van der Waals surface area contributed by atoms with Crippen LogP contribution in [-0.4, -0.2) is 34.6 Å². The van der Waals surface area contributed by atoms with Crippen LogP contribution in [0.15, 0.2) is 30.6 Å². The van der Waals surface area contributed by atoms with Crippen molar-refractivity contribution in [2.75, 3.05) is 11.9 Å². The lowest BCUT2D eigenvalue weighted by Crippen LogP contribution is -2.23. The third kappa shape index (κ3) is 7.35. The molecule has 0 aliphatic carbocycles. The fourth-order valence-electron chi connectivity index (χ4n) is 2.18. The molecule has 2 aromatic rings. The molecular formula is C18H18F4N4O3. The number of amides is 2. The number of alkyl halides is 3. The van der Waals surface area contributed by atoms with Gasteiger partial charge in [-0.2, -0.15) is 13.2 Å². The first-order chi connectivity index (χ1) is 13.7. The number of nitrogens with one attached hydrogen (secondary N) is 2. The molecule has 11 heteroatoms. The van der Waals surface area contributed by atoms with E-state index in [-0.39, 0.29) is 29.4 Å². The molecule has 0 atom stereocenters. The number of halogens is 4. The van der Waals surface area contributed by atoms with Gasteiger partial charge in [0.25, 0.3) is 11.8 Å². The lowest BCUT2D eigenvalue weighted by atomic mass is 10.2. The minimum Gasteiger partial charge on any atom is -0.466 e. The van der Waals surface area contributed by atoms with Gasteiger partial charge in [-0.25, -0.2) is 14.4 Å². The lowest BCUT2D eigenvalue weighted by molar-refractivity contribution is -0.154. The van der Waals surface area contributed by atoms with Gasteiger partial charge in [-0.1, -0.05) is 6.92 Å². The molecule has 0 aliphatic rings. The Kier molecular flexibility index (Phi) is 7.46. The molecule has 0 aliphatic heterocycles. The van der Waals surface area contributed by atoms with E-state index in [9.17, 15) is 27.2 Å². The summed E-state index contributed by atoms with van der Waals surface area (Å²) in [6.07, 6.45) is -1.18. The van der Waals surface area contributed by atoms with Crippen molar-refractivity contribution in [3.8, 4) is 5.88 Å². The van der Waals surface area contributed by atoms with Gasteiger partial charge in [-0.3, -0.25) is 9.59 Å². The molecule has 2 N–H and O–H groups in total. The average Bonchev–Trinajstić information content (AvgIpc) is 2.65. The number of carbonyl (C=O) groups excluding carboxylic acids is 2. The van der Waals surface area contributed by atoms with Crippen molar-refractivity contribution in [1.82, 2.24) is 15.3 Å². The maximum absolute atomic E-state index is 13.8. The molecule has 2 amide bonds. The minimum absolute atomic E-state index is 0.123. The van der Waals surface area contributed by atoms with Crippen LogP contribution in [0.1, 0.15) is 35.7 Å². The smallest absolute Gasteiger partial charge is 0.422 e. The fourth-order valence-corrected chi connectivity index (χ4v) is 2.18. The number of pyridine rings is 2. The van der Waals surface area contributed by atoms with Crippen LogP contribution in [0.2, 0.25) is 0 Å². The Morgan fingerprint density at radius 2 is 1.97 bits per heavy atom. The Bertz CT molecular complexity index is 874. The summed E-state index contributed by atoms with van der Waals surface area (Å²) >= 11 is 0. The predicted molar refractivity (Wildman–Crippen MR) is 94.7 cm³/mol. The molecule has 29 heavy (non-hydrogen) atoms. The first kappa shape index (κ1) is 22.1. The second-order valence-electron chi connectivity index (χ2n) is 5.95. The summed E-state index contributed by atoms with van der Waals surface area (Å²) in [6, 6.07) is 3.73. The monoisotopic (exact) mass is 414 g/mol. The predicted octanol–water partition coefficient (Wildman–Crippen LogP) is 3.23. The van der Waals surface area contributed by atoms with Crippen LogP contribution in [0.25, 0.3) is 0 Å². The van der Waals surface area contributed by atoms with Crippen molar-refractivity contribution >= 4 is 17.6 Å². The van der Waals surface area contributed by atoms with Gasteiger partial charge in [0.15, 0.2) is 12.4 Å². The van der Waals surface area contributed by atoms with Crippen LogP contribution >= 0.6 is 0 Å². The molecule has 0 saturated carbocycles. The number of carbonyl (C=O) groups is 2. The van der Waals surface area contributed by atoms with Gasteiger partial charge >= 0.3 is 6.18 Å². The highest BCUT2D eigenvalue weighted by atomic mass is 19.4. The van der Waals surface area contributed by atoms with Crippen molar-refractivity contribution in [2.24, 2.45) is 0 Å². The third-order valence-electron chi connectivity index (χ3n) is 3.46. The maximum Gasteiger partial charge on any atom is 0.422 e. The zero-order valence-electron chi connectivity index (χ0n) is 15.3. The second-order valence-corrected chi connectivity index (χ2v) is 5.95. The summed E-state index contributed by atoms with van der Waals surface area (Å²) < 4.78 is 54.4. The molecule has 0 unspecified atom stereocenters. The number of aromatic nitrogens is 2. The molecule has 0 saturated heterocycles. The Morgan fingerprint density at radius 1 is 1.21 bits per heavy atom. The molecule has 156 valence electrons. The Hall–Kier alpha value is -3.24. The maximum atomic E-state index is 13.8. The summed E-state index contributed by atoms with van der Waals surface area (Å²) in [5.41, 5.74) is 0.436. The van der Waals surface area contributed by atoms with Gasteiger partial charge in [0.1, 0.15) is 5.82 Å². The highest BCUT2D eigenvalue weighted by Gasteiger charge is 2.29. The molecule has 2 aromatic heterocycles. The molecule has 0 bridgehead atoms. The largest absolute Gasteiger partial charge is 0.466 e. The van der Waals surface area contributed by atoms with Crippen LogP contribution in [0.4, 0.5) is 23.4 Å². The number of ether oxygens (including phenoxy) is 1. The molecule has 0 radical (unpaired) electrons. The van der Waals surface area contributed by atoms with Crippen molar-refractivity contribution in [3.05, 3.63) is 47.5 Å². The summed E-state index contributed by atoms with van der Waals surface area (Å²) in [6.45, 7) is 0.0673. The summed E-state index contributed by atoms with van der Waals surface area (Å²) in [5, 5.41) is 5.08. The van der Waals surface area contributed by atoms with E-state index in [1.165, 1.54) is 18.3 Å². The zero-order valence-corrected chi connectivity index (χ0v) is 15.3. The normalized spacial score (nSPS) is 11.1. The van der Waals surface area contributed by atoms with E-state index in [0.29, 0.717) is 12.8 Å². The van der Waals surface area contributed by atoms with Crippen LogP contribution in [-0.2, 0) is 11.3 Å². The fraction of sp³-hybridized carbons (Fsp3) is 0.333. The lowest BCUT2D eigenvalue weighted by Gasteiger charge is -2.10. The molecule has 7 nitrogen and oxygen atoms in total. The summed E-state index contributed by atoms with van der Waals surface area (Å²) in [7, 11) is 0. The van der Waals surface area contributed by atoms with Gasteiger partial charge in [0.05, 0.1) is 0 Å². The molecular weight excluding hydrogens is 396 g/mol. The standard InChI is InChI=1S/C18H18F4N4O3/c1-2-3-15(27)26-14-7-12(4-5-23-14)16(28)24-8-11-6-13(19)17(25-9-11)29-10-18(20,21)22/h4-7,9H,2-3,8,10H2,1H3,(H,24,28)(H,23,26,27). The van der Waals surface area contributed by atoms with E-state index >= 15 is 0 Å². The quantitative estimate of drug-likeness (QED) is 0.647. The van der Waals surface area contributed by atoms with Crippen molar-refractivity contribution < 1.29 is 31.9 Å². The van der Waals surface area contributed by atoms with Crippen LogP contribution in [0.3, 0.4) is 0 Å². The minimum atomic E-state index is -4.61. The van der Waals surface area contributed by atoms with E-state index in [4.69, 9.17) is 0 Å². The van der Waals surface area contributed by atoms with Gasteiger partial charge in [-0.05, 0) is 30.2 Å². The van der Waals surface area contributed by atoms with E-state index in [1.54, 1.807) is 0 Å². The zero-order chi connectivity index (χ0) is 21.4. The van der Waals surface area contributed by atoms with Gasteiger partial charge in [0, 0.05) is 30.9 Å². The summed E-state index contributed by atoms with van der Waals surface area (Å²) in [5.74, 6) is -2.39. The topological polar surface area (TPSA) is 93.2 Å². The summed E-state index contributed by atoms with van der Waals surface area (Å²) in [4.78, 5) is 31.3.